The highest BCUT2D eigenvalue weighted by molar-refractivity contribution is 5.09. The smallest absolute Gasteiger partial charge is 0.141 e. The molecule has 1 aromatic heterocycles. The van der Waals surface area contributed by atoms with E-state index in [1.165, 1.54) is 12.3 Å². The second kappa shape index (κ2) is 4.89. The van der Waals surface area contributed by atoms with Crippen LogP contribution >= 0.6 is 0 Å². The average Bonchev–Trinajstić information content (AvgIpc) is 2.30. The van der Waals surface area contributed by atoms with Gasteiger partial charge in [-0.25, -0.2) is 4.39 Å². The fraction of sp³-hybridized carbons (Fsp3) is 0.583. The molecule has 2 rings (SSSR count). The molecule has 1 aliphatic heterocycles. The van der Waals surface area contributed by atoms with E-state index < -0.39 is 0 Å². The summed E-state index contributed by atoms with van der Waals surface area (Å²) in [6.45, 7) is 4.11. The van der Waals surface area contributed by atoms with Crippen molar-refractivity contribution in [3.05, 3.63) is 29.8 Å². The molecule has 0 radical (unpaired) electrons. The Hall–Kier alpha value is -1.00. The molecule has 1 aliphatic rings. The average molecular weight is 223 g/mol. The van der Waals surface area contributed by atoms with Crippen molar-refractivity contribution >= 4 is 0 Å². The molecule has 0 amide bonds. The fourth-order valence-electron chi connectivity index (χ4n) is 2.13. The van der Waals surface area contributed by atoms with Crippen LogP contribution in [0, 0.1) is 5.82 Å². The van der Waals surface area contributed by atoms with E-state index in [1.807, 2.05) is 0 Å². The van der Waals surface area contributed by atoms with Gasteiger partial charge in [0.25, 0.3) is 0 Å². The van der Waals surface area contributed by atoms with E-state index >= 15 is 0 Å². The zero-order chi connectivity index (χ0) is 11.5. The monoisotopic (exact) mass is 223 g/mol. The van der Waals surface area contributed by atoms with Crippen LogP contribution in [0.15, 0.2) is 18.3 Å². The van der Waals surface area contributed by atoms with E-state index in [0.717, 1.165) is 31.6 Å². The molecule has 0 aliphatic carbocycles. The van der Waals surface area contributed by atoms with Gasteiger partial charge in [0, 0.05) is 25.2 Å². The SMILES string of the molecule is CC(c1ccc(F)cn1)N1CCC(N)CC1. The van der Waals surface area contributed by atoms with Crippen LogP contribution in [0.3, 0.4) is 0 Å². The first-order valence-electron chi connectivity index (χ1n) is 5.78. The Bertz CT molecular complexity index is 331. The maximum Gasteiger partial charge on any atom is 0.141 e. The van der Waals surface area contributed by atoms with Gasteiger partial charge >= 0.3 is 0 Å². The largest absolute Gasteiger partial charge is 0.328 e. The zero-order valence-corrected chi connectivity index (χ0v) is 9.56. The molecule has 88 valence electrons. The molecule has 1 atom stereocenters. The van der Waals surface area contributed by atoms with Crippen LogP contribution in [0.25, 0.3) is 0 Å². The Morgan fingerprint density at radius 1 is 1.44 bits per heavy atom. The Morgan fingerprint density at radius 2 is 2.12 bits per heavy atom. The van der Waals surface area contributed by atoms with E-state index in [-0.39, 0.29) is 11.9 Å². The molecule has 2 heterocycles. The topological polar surface area (TPSA) is 42.2 Å². The normalized spacial score (nSPS) is 20.9. The zero-order valence-electron chi connectivity index (χ0n) is 9.56. The molecular formula is C12H18FN3. The number of nitrogens with zero attached hydrogens (tertiary/aromatic N) is 2. The number of hydrogen-bond acceptors (Lipinski definition) is 3. The molecule has 4 heteroatoms. The Labute approximate surface area is 95.5 Å². The van der Waals surface area contributed by atoms with Crippen LogP contribution in [0.2, 0.25) is 0 Å². The van der Waals surface area contributed by atoms with Crippen molar-refractivity contribution in [1.82, 2.24) is 9.88 Å². The molecule has 1 aromatic rings. The number of rotatable bonds is 2. The third-order valence-electron chi connectivity index (χ3n) is 3.30. The van der Waals surface area contributed by atoms with Gasteiger partial charge in [0.15, 0.2) is 0 Å². The first-order chi connectivity index (χ1) is 7.66. The summed E-state index contributed by atoms with van der Waals surface area (Å²) in [6, 6.07) is 3.81. The molecule has 3 nitrogen and oxygen atoms in total. The van der Waals surface area contributed by atoms with Crippen LogP contribution < -0.4 is 5.73 Å². The molecule has 0 aromatic carbocycles. The van der Waals surface area contributed by atoms with Gasteiger partial charge in [-0.2, -0.15) is 0 Å². The van der Waals surface area contributed by atoms with Crippen LogP contribution in [0.1, 0.15) is 31.5 Å². The molecule has 0 bridgehead atoms. The first-order valence-corrected chi connectivity index (χ1v) is 5.78. The van der Waals surface area contributed by atoms with Crippen LogP contribution in [-0.2, 0) is 0 Å². The second-order valence-corrected chi connectivity index (χ2v) is 4.45. The maximum absolute atomic E-state index is 12.8. The molecular weight excluding hydrogens is 205 g/mol. The van der Waals surface area contributed by atoms with Crippen molar-refractivity contribution in [2.24, 2.45) is 5.73 Å². The molecule has 1 saturated heterocycles. The number of pyridine rings is 1. The van der Waals surface area contributed by atoms with Crippen molar-refractivity contribution in [3.8, 4) is 0 Å². The standard InChI is InChI=1S/C12H18FN3/c1-9(12-3-2-10(13)8-15-12)16-6-4-11(14)5-7-16/h2-3,8-9,11H,4-7,14H2,1H3. The quantitative estimate of drug-likeness (QED) is 0.830. The van der Waals surface area contributed by atoms with Gasteiger partial charge in [0.1, 0.15) is 5.82 Å². The number of nitrogens with two attached hydrogens (primary N) is 1. The van der Waals surface area contributed by atoms with Gasteiger partial charge in [0.2, 0.25) is 0 Å². The van der Waals surface area contributed by atoms with Gasteiger partial charge in [-0.05, 0) is 31.9 Å². The van der Waals surface area contributed by atoms with Crippen LogP contribution in [-0.4, -0.2) is 29.0 Å². The Morgan fingerprint density at radius 3 is 2.69 bits per heavy atom. The lowest BCUT2D eigenvalue weighted by Gasteiger charge is -2.34. The summed E-state index contributed by atoms with van der Waals surface area (Å²) in [5.74, 6) is -0.281. The molecule has 1 unspecified atom stereocenters. The molecule has 1 fully saturated rings. The summed E-state index contributed by atoms with van der Waals surface area (Å²) in [5.41, 5.74) is 6.79. The summed E-state index contributed by atoms with van der Waals surface area (Å²) in [4.78, 5) is 6.48. The highest BCUT2D eigenvalue weighted by atomic mass is 19.1. The van der Waals surface area contributed by atoms with E-state index in [1.54, 1.807) is 6.07 Å². The summed E-state index contributed by atoms with van der Waals surface area (Å²) in [5, 5.41) is 0. The Kier molecular flexibility index (Phi) is 3.51. The number of hydrogen-bond donors (Lipinski definition) is 1. The van der Waals surface area contributed by atoms with Crippen molar-refractivity contribution in [1.29, 1.82) is 0 Å². The predicted octanol–water partition coefficient (Wildman–Crippen LogP) is 1.70. The minimum Gasteiger partial charge on any atom is -0.328 e. The molecule has 0 saturated carbocycles. The third-order valence-corrected chi connectivity index (χ3v) is 3.30. The second-order valence-electron chi connectivity index (χ2n) is 4.45. The molecule has 0 spiro atoms. The third kappa shape index (κ3) is 2.57. The van der Waals surface area contributed by atoms with Crippen molar-refractivity contribution < 1.29 is 4.39 Å². The van der Waals surface area contributed by atoms with Gasteiger partial charge < -0.3 is 5.73 Å². The van der Waals surface area contributed by atoms with Crippen LogP contribution in [0.4, 0.5) is 4.39 Å². The van der Waals surface area contributed by atoms with Crippen molar-refractivity contribution in [3.63, 3.8) is 0 Å². The summed E-state index contributed by atoms with van der Waals surface area (Å²) >= 11 is 0. The number of piperidine rings is 1. The lowest BCUT2D eigenvalue weighted by Crippen LogP contribution is -2.41. The van der Waals surface area contributed by atoms with Crippen LogP contribution in [0.5, 0.6) is 0 Å². The number of halogens is 1. The minimum absolute atomic E-state index is 0.244. The molecule has 16 heavy (non-hydrogen) atoms. The number of aromatic nitrogens is 1. The first kappa shape index (κ1) is 11.5. The lowest BCUT2D eigenvalue weighted by molar-refractivity contribution is 0.160. The van der Waals surface area contributed by atoms with E-state index in [4.69, 9.17) is 5.73 Å². The van der Waals surface area contributed by atoms with E-state index in [0.29, 0.717) is 6.04 Å². The van der Waals surface area contributed by atoms with Crippen molar-refractivity contribution in [2.45, 2.75) is 31.8 Å². The fourth-order valence-corrected chi connectivity index (χ4v) is 2.13. The predicted molar refractivity (Wildman–Crippen MR) is 61.4 cm³/mol. The number of likely N-dealkylation sites (tertiary alicyclic amines) is 1. The van der Waals surface area contributed by atoms with Gasteiger partial charge in [-0.15, -0.1) is 0 Å². The highest BCUT2D eigenvalue weighted by Gasteiger charge is 2.22. The Balaban J connectivity index is 2.01. The van der Waals surface area contributed by atoms with E-state index in [2.05, 4.69) is 16.8 Å². The summed E-state index contributed by atoms with van der Waals surface area (Å²) in [7, 11) is 0. The van der Waals surface area contributed by atoms with Gasteiger partial charge in [-0.3, -0.25) is 9.88 Å². The molecule has 2 N–H and O–H groups in total. The lowest BCUT2D eigenvalue weighted by atomic mass is 10.0. The van der Waals surface area contributed by atoms with Gasteiger partial charge in [-0.1, -0.05) is 0 Å². The minimum atomic E-state index is -0.281. The summed E-state index contributed by atoms with van der Waals surface area (Å²) in [6.07, 6.45) is 3.35. The highest BCUT2D eigenvalue weighted by Crippen LogP contribution is 2.22. The van der Waals surface area contributed by atoms with E-state index in [9.17, 15) is 4.39 Å². The summed E-state index contributed by atoms with van der Waals surface area (Å²) < 4.78 is 12.8. The van der Waals surface area contributed by atoms with Gasteiger partial charge in [0.05, 0.1) is 11.9 Å². The maximum atomic E-state index is 12.8. The van der Waals surface area contributed by atoms with Crippen molar-refractivity contribution in [2.75, 3.05) is 13.1 Å².